The standard InChI is InChI=1S/C4H6N2/c1-2-4(6)3-5/h2H,6H2,1H3/b4-2+. The van der Waals surface area contributed by atoms with Crippen LogP contribution in [0.15, 0.2) is 11.8 Å². The Labute approximate surface area is 36.9 Å². The van der Waals surface area contributed by atoms with Crippen LogP contribution < -0.4 is 5.73 Å². The normalized spacial score (nSPS) is 10.3. The van der Waals surface area contributed by atoms with Crippen molar-refractivity contribution in [3.63, 3.8) is 0 Å². The van der Waals surface area contributed by atoms with Crippen LogP contribution in [-0.2, 0) is 0 Å². The van der Waals surface area contributed by atoms with Crippen LogP contribution >= 0.6 is 0 Å². The van der Waals surface area contributed by atoms with Crippen molar-refractivity contribution in [2.24, 2.45) is 5.73 Å². The van der Waals surface area contributed by atoms with E-state index in [2.05, 4.69) is 0 Å². The zero-order chi connectivity index (χ0) is 4.99. The Kier molecular flexibility index (Phi) is 1.91. The van der Waals surface area contributed by atoms with E-state index in [1.807, 2.05) is 0 Å². The summed E-state index contributed by atoms with van der Waals surface area (Å²) in [6.45, 7) is 1.72. The van der Waals surface area contributed by atoms with Crippen molar-refractivity contribution in [2.45, 2.75) is 6.92 Å². The Bertz CT molecular complexity index is 96.6. The highest BCUT2D eigenvalue weighted by atomic mass is 14.6. The first-order chi connectivity index (χ1) is 2.81. The minimum absolute atomic E-state index is 0.273. The van der Waals surface area contributed by atoms with Gasteiger partial charge in [-0.3, -0.25) is 0 Å². The summed E-state index contributed by atoms with van der Waals surface area (Å²) in [6.07, 6.45) is 1.56. The van der Waals surface area contributed by atoms with Crippen molar-refractivity contribution < 1.29 is 0 Å². The van der Waals surface area contributed by atoms with Gasteiger partial charge < -0.3 is 5.73 Å². The molecular formula is C4H6N2. The van der Waals surface area contributed by atoms with E-state index in [1.165, 1.54) is 0 Å². The number of hydrogen-bond donors (Lipinski definition) is 1. The molecule has 0 aliphatic rings. The molecule has 2 N–H and O–H groups in total. The van der Waals surface area contributed by atoms with Crippen LogP contribution in [0.25, 0.3) is 0 Å². The molecule has 0 unspecified atom stereocenters. The molecule has 0 aromatic heterocycles. The molecular weight excluding hydrogens is 76.1 g/mol. The van der Waals surface area contributed by atoms with Crippen LogP contribution in [0.3, 0.4) is 0 Å². The molecule has 0 bridgehead atoms. The lowest BCUT2D eigenvalue weighted by atomic mass is 10.5. The van der Waals surface area contributed by atoms with Crippen molar-refractivity contribution in [2.75, 3.05) is 0 Å². The molecule has 0 spiro atoms. The number of nitriles is 1. The maximum Gasteiger partial charge on any atom is 0.116 e. The lowest BCUT2D eigenvalue weighted by molar-refractivity contribution is 1.37. The minimum Gasteiger partial charge on any atom is -0.390 e. The van der Waals surface area contributed by atoms with E-state index in [-0.39, 0.29) is 5.70 Å². The van der Waals surface area contributed by atoms with E-state index in [0.29, 0.717) is 0 Å². The monoisotopic (exact) mass is 82.1 g/mol. The van der Waals surface area contributed by atoms with Crippen molar-refractivity contribution in [3.8, 4) is 6.07 Å². The smallest absolute Gasteiger partial charge is 0.116 e. The molecule has 0 aromatic carbocycles. The zero-order valence-corrected chi connectivity index (χ0v) is 3.60. The highest BCUT2D eigenvalue weighted by Crippen LogP contribution is 1.72. The third-order valence-electron chi connectivity index (χ3n) is 0.440. The summed E-state index contributed by atoms with van der Waals surface area (Å²) in [5, 5.41) is 7.89. The summed E-state index contributed by atoms with van der Waals surface area (Å²) in [7, 11) is 0. The molecule has 2 heteroatoms. The second-order valence-corrected chi connectivity index (χ2v) is 0.856. The third kappa shape index (κ3) is 1.36. The van der Waals surface area contributed by atoms with E-state index >= 15 is 0 Å². The van der Waals surface area contributed by atoms with Gasteiger partial charge in [0.2, 0.25) is 0 Å². The summed E-state index contributed by atoms with van der Waals surface area (Å²) in [4.78, 5) is 0. The van der Waals surface area contributed by atoms with Crippen molar-refractivity contribution in [1.82, 2.24) is 0 Å². The van der Waals surface area contributed by atoms with Crippen LogP contribution in [0.4, 0.5) is 0 Å². The number of rotatable bonds is 0. The number of hydrogen-bond acceptors (Lipinski definition) is 2. The van der Waals surface area contributed by atoms with Gasteiger partial charge in [0.15, 0.2) is 0 Å². The first-order valence-electron chi connectivity index (χ1n) is 1.63. The summed E-state index contributed by atoms with van der Waals surface area (Å²) in [5.41, 5.74) is 5.25. The summed E-state index contributed by atoms with van der Waals surface area (Å²) < 4.78 is 0. The summed E-state index contributed by atoms with van der Waals surface area (Å²) in [5.74, 6) is 0. The molecule has 0 heterocycles. The highest BCUT2D eigenvalue weighted by Gasteiger charge is 1.71. The SMILES string of the molecule is C/C=C(/N)C#N. The van der Waals surface area contributed by atoms with Crippen LogP contribution in [0, 0.1) is 11.3 Å². The molecule has 0 amide bonds. The van der Waals surface area contributed by atoms with Gasteiger partial charge in [0, 0.05) is 0 Å². The molecule has 32 valence electrons. The molecule has 0 aromatic rings. The number of nitrogens with zero attached hydrogens (tertiary/aromatic N) is 1. The lowest BCUT2D eigenvalue weighted by Crippen LogP contribution is -1.89. The third-order valence-corrected chi connectivity index (χ3v) is 0.440. The molecule has 0 saturated heterocycles. The van der Waals surface area contributed by atoms with Gasteiger partial charge in [0.1, 0.15) is 11.8 Å². The molecule has 2 nitrogen and oxygen atoms in total. The maximum atomic E-state index is 7.89. The first-order valence-corrected chi connectivity index (χ1v) is 1.63. The predicted molar refractivity (Wildman–Crippen MR) is 23.6 cm³/mol. The predicted octanol–water partition coefficient (Wildman–Crippen LogP) is 0.372. The second kappa shape index (κ2) is 2.28. The van der Waals surface area contributed by atoms with E-state index in [1.54, 1.807) is 19.1 Å². The topological polar surface area (TPSA) is 49.8 Å². The Morgan fingerprint density at radius 3 is 2.50 bits per heavy atom. The Morgan fingerprint density at radius 1 is 2.00 bits per heavy atom. The molecule has 6 heavy (non-hydrogen) atoms. The van der Waals surface area contributed by atoms with Crippen LogP contribution in [0.2, 0.25) is 0 Å². The largest absolute Gasteiger partial charge is 0.390 e. The summed E-state index contributed by atoms with van der Waals surface area (Å²) in [6, 6.07) is 1.75. The van der Waals surface area contributed by atoms with Gasteiger partial charge in [-0.15, -0.1) is 0 Å². The van der Waals surface area contributed by atoms with Crippen molar-refractivity contribution in [3.05, 3.63) is 11.8 Å². The zero-order valence-electron chi connectivity index (χ0n) is 3.60. The van der Waals surface area contributed by atoms with Gasteiger partial charge in [0.25, 0.3) is 0 Å². The Hall–Kier alpha value is -0.970. The average molecular weight is 82.1 g/mol. The van der Waals surface area contributed by atoms with Crippen LogP contribution in [-0.4, -0.2) is 0 Å². The van der Waals surface area contributed by atoms with Gasteiger partial charge in [-0.25, -0.2) is 0 Å². The van der Waals surface area contributed by atoms with Crippen LogP contribution in [0.5, 0.6) is 0 Å². The molecule has 0 aliphatic heterocycles. The van der Waals surface area contributed by atoms with E-state index < -0.39 is 0 Å². The average Bonchev–Trinajstić information content (AvgIpc) is 1.65. The Morgan fingerprint density at radius 2 is 2.50 bits per heavy atom. The molecule has 0 saturated carbocycles. The van der Waals surface area contributed by atoms with Gasteiger partial charge in [-0.05, 0) is 6.92 Å². The second-order valence-electron chi connectivity index (χ2n) is 0.856. The van der Waals surface area contributed by atoms with Crippen molar-refractivity contribution in [1.29, 1.82) is 5.26 Å². The van der Waals surface area contributed by atoms with Crippen LogP contribution in [0.1, 0.15) is 6.92 Å². The maximum absolute atomic E-state index is 7.89. The Balaban J connectivity index is 3.61. The first kappa shape index (κ1) is 5.03. The fraction of sp³-hybridized carbons (Fsp3) is 0.250. The molecule has 0 rings (SSSR count). The van der Waals surface area contributed by atoms with E-state index in [4.69, 9.17) is 11.0 Å². The number of allylic oxidation sites excluding steroid dienone is 2. The fourth-order valence-electron chi connectivity index (χ4n) is 0.0645. The molecule has 0 fully saturated rings. The van der Waals surface area contributed by atoms with Crippen molar-refractivity contribution >= 4 is 0 Å². The quantitative estimate of drug-likeness (QED) is 0.429. The molecule has 0 aliphatic carbocycles. The minimum atomic E-state index is 0.273. The van der Waals surface area contributed by atoms with Gasteiger partial charge in [0.05, 0.1) is 0 Å². The molecule has 0 atom stereocenters. The lowest BCUT2D eigenvalue weighted by Gasteiger charge is -1.72. The molecule has 0 radical (unpaired) electrons. The number of nitrogens with two attached hydrogens (primary N) is 1. The van der Waals surface area contributed by atoms with Gasteiger partial charge in [-0.1, -0.05) is 6.08 Å². The van der Waals surface area contributed by atoms with E-state index in [0.717, 1.165) is 0 Å². The van der Waals surface area contributed by atoms with Gasteiger partial charge >= 0.3 is 0 Å². The highest BCUT2D eigenvalue weighted by molar-refractivity contribution is 5.14. The van der Waals surface area contributed by atoms with E-state index in [9.17, 15) is 0 Å². The van der Waals surface area contributed by atoms with Gasteiger partial charge in [-0.2, -0.15) is 5.26 Å². The fourth-order valence-corrected chi connectivity index (χ4v) is 0.0645. The summed E-state index contributed by atoms with van der Waals surface area (Å²) >= 11 is 0.